The molecule has 10 heteroatoms. The van der Waals surface area contributed by atoms with E-state index < -0.39 is 5.82 Å². The second-order valence-electron chi connectivity index (χ2n) is 8.65. The van der Waals surface area contributed by atoms with E-state index in [-0.39, 0.29) is 23.3 Å². The van der Waals surface area contributed by atoms with E-state index in [0.717, 1.165) is 29.7 Å². The zero-order chi connectivity index (χ0) is 23.2. The molecule has 2 aliphatic rings. The Kier molecular flexibility index (Phi) is 4.86. The number of anilines is 1. The lowest BCUT2D eigenvalue weighted by Gasteiger charge is -2.23. The predicted octanol–water partition coefficient (Wildman–Crippen LogP) is 2.57. The highest BCUT2D eigenvalue weighted by atomic mass is 19.1. The number of amides is 1. The third kappa shape index (κ3) is 3.33. The van der Waals surface area contributed by atoms with E-state index in [9.17, 15) is 9.18 Å². The summed E-state index contributed by atoms with van der Waals surface area (Å²) in [6, 6.07) is 10.3. The van der Waals surface area contributed by atoms with Crippen molar-refractivity contribution in [2.45, 2.75) is 0 Å². The van der Waals surface area contributed by atoms with E-state index >= 15 is 0 Å². The van der Waals surface area contributed by atoms with Crippen LogP contribution in [0.25, 0.3) is 16.6 Å². The maximum atomic E-state index is 14.8. The summed E-state index contributed by atoms with van der Waals surface area (Å²) in [6.45, 7) is 2.60. The number of fused-ring (bicyclic) bond motifs is 2. The van der Waals surface area contributed by atoms with Crippen LogP contribution >= 0.6 is 0 Å². The molecular weight excluding hydrogens is 437 g/mol. The summed E-state index contributed by atoms with van der Waals surface area (Å²) in [5, 5.41) is 9.01. The molecule has 2 saturated heterocycles. The number of rotatable bonds is 4. The zero-order valence-electron chi connectivity index (χ0n) is 18.5. The van der Waals surface area contributed by atoms with Crippen LogP contribution in [0.3, 0.4) is 0 Å². The summed E-state index contributed by atoms with van der Waals surface area (Å²) in [5.74, 6) is 1.06. The molecule has 0 bridgehead atoms. The quantitative estimate of drug-likeness (QED) is 0.463. The first kappa shape index (κ1) is 20.5. The molecule has 2 atom stereocenters. The minimum absolute atomic E-state index is 0.00217. The molecule has 2 aromatic heterocycles. The maximum Gasteiger partial charge on any atom is 0.259 e. The third-order valence-corrected chi connectivity index (χ3v) is 6.69. The lowest BCUT2D eigenvalue weighted by Crippen LogP contribution is -2.34. The summed E-state index contributed by atoms with van der Waals surface area (Å²) in [7, 11) is 1.63. The van der Waals surface area contributed by atoms with Crippen molar-refractivity contribution in [3.05, 3.63) is 66.4 Å². The number of carbonyl (C=O) groups excluding carboxylic acids is 1. The molecule has 1 amide bonds. The monoisotopic (exact) mass is 459 g/mol. The fourth-order valence-corrected chi connectivity index (χ4v) is 5.06. The second kappa shape index (κ2) is 8.05. The first-order valence-corrected chi connectivity index (χ1v) is 11.1. The number of likely N-dealkylation sites (tertiary alicyclic amines) is 1. The molecular formula is C24H22FN7O2. The molecule has 2 fully saturated rings. The normalized spacial score (nSPS) is 19.6. The highest BCUT2D eigenvalue weighted by molar-refractivity contribution is 5.98. The maximum absolute atomic E-state index is 14.8. The average Bonchev–Trinajstić information content (AvgIpc) is 3.60. The Morgan fingerprint density at radius 3 is 2.50 bits per heavy atom. The van der Waals surface area contributed by atoms with Crippen molar-refractivity contribution in [1.82, 2.24) is 29.9 Å². The van der Waals surface area contributed by atoms with Gasteiger partial charge in [0.2, 0.25) is 5.95 Å². The minimum atomic E-state index is -0.571. The fraction of sp³-hybridized carbons (Fsp3) is 0.292. The van der Waals surface area contributed by atoms with Crippen LogP contribution < -0.4 is 9.64 Å². The van der Waals surface area contributed by atoms with Crippen molar-refractivity contribution in [2.24, 2.45) is 11.8 Å². The molecule has 34 heavy (non-hydrogen) atoms. The van der Waals surface area contributed by atoms with Crippen LogP contribution in [0.2, 0.25) is 0 Å². The van der Waals surface area contributed by atoms with Gasteiger partial charge in [-0.15, -0.1) is 0 Å². The molecule has 2 unspecified atom stereocenters. The summed E-state index contributed by atoms with van der Waals surface area (Å²) in [4.78, 5) is 27.8. The van der Waals surface area contributed by atoms with Gasteiger partial charge >= 0.3 is 0 Å². The first-order valence-electron chi connectivity index (χ1n) is 11.1. The Labute approximate surface area is 194 Å². The number of carbonyl (C=O) groups is 1. The molecule has 172 valence electrons. The molecule has 6 rings (SSSR count). The summed E-state index contributed by atoms with van der Waals surface area (Å²) in [6.07, 6.45) is 4.79. The van der Waals surface area contributed by atoms with Crippen molar-refractivity contribution in [3.8, 4) is 11.4 Å². The Bertz CT molecular complexity index is 1360. The van der Waals surface area contributed by atoms with Gasteiger partial charge in [-0.3, -0.25) is 4.79 Å². The van der Waals surface area contributed by atoms with E-state index in [1.165, 1.54) is 23.3 Å². The summed E-state index contributed by atoms with van der Waals surface area (Å²) >= 11 is 0. The Balaban J connectivity index is 1.20. The van der Waals surface area contributed by atoms with Gasteiger partial charge in [-0.05, 0) is 24.3 Å². The van der Waals surface area contributed by atoms with Crippen LogP contribution in [0.4, 0.5) is 10.3 Å². The molecule has 2 aromatic carbocycles. The highest BCUT2D eigenvalue weighted by Crippen LogP contribution is 2.35. The number of ether oxygens (including phenoxy) is 1. The number of nitrogens with zero attached hydrogens (tertiary/aromatic N) is 7. The van der Waals surface area contributed by atoms with Crippen LogP contribution in [0.1, 0.15) is 10.4 Å². The number of methoxy groups -OCH3 is 1. The van der Waals surface area contributed by atoms with E-state index in [1.807, 2.05) is 18.2 Å². The number of hydrogen-bond donors (Lipinski definition) is 0. The van der Waals surface area contributed by atoms with Crippen molar-refractivity contribution in [2.75, 3.05) is 38.2 Å². The second-order valence-corrected chi connectivity index (χ2v) is 8.65. The lowest BCUT2D eigenvalue weighted by atomic mass is 10.0. The molecule has 4 aromatic rings. The summed E-state index contributed by atoms with van der Waals surface area (Å²) in [5.41, 5.74) is 1.17. The van der Waals surface area contributed by atoms with Gasteiger partial charge in [0, 0.05) is 44.2 Å². The smallest absolute Gasteiger partial charge is 0.259 e. The Morgan fingerprint density at radius 1 is 1.03 bits per heavy atom. The van der Waals surface area contributed by atoms with E-state index in [4.69, 9.17) is 9.72 Å². The van der Waals surface area contributed by atoms with Gasteiger partial charge in [0.1, 0.15) is 22.8 Å². The molecule has 0 N–H and O–H groups in total. The van der Waals surface area contributed by atoms with Gasteiger partial charge < -0.3 is 14.5 Å². The van der Waals surface area contributed by atoms with Crippen LogP contribution in [0.15, 0.2) is 55.0 Å². The number of hydrogen-bond acceptors (Lipinski definition) is 7. The van der Waals surface area contributed by atoms with Gasteiger partial charge in [0.15, 0.2) is 0 Å². The van der Waals surface area contributed by atoms with Crippen molar-refractivity contribution >= 4 is 22.8 Å². The molecule has 4 heterocycles. The average molecular weight is 459 g/mol. The fourth-order valence-electron chi connectivity index (χ4n) is 5.06. The van der Waals surface area contributed by atoms with Crippen molar-refractivity contribution in [3.63, 3.8) is 0 Å². The van der Waals surface area contributed by atoms with Crippen molar-refractivity contribution < 1.29 is 13.9 Å². The van der Waals surface area contributed by atoms with Crippen molar-refractivity contribution in [1.29, 1.82) is 0 Å². The highest BCUT2D eigenvalue weighted by Gasteiger charge is 2.43. The third-order valence-electron chi connectivity index (χ3n) is 6.69. The lowest BCUT2D eigenvalue weighted by molar-refractivity contribution is 0.0777. The van der Waals surface area contributed by atoms with E-state index in [0.29, 0.717) is 24.7 Å². The van der Waals surface area contributed by atoms with Gasteiger partial charge in [0.25, 0.3) is 5.91 Å². The molecule has 0 spiro atoms. The Morgan fingerprint density at radius 2 is 1.76 bits per heavy atom. The van der Waals surface area contributed by atoms with Crippen LogP contribution in [0, 0.1) is 17.7 Å². The Hall–Kier alpha value is -4.08. The predicted molar refractivity (Wildman–Crippen MR) is 123 cm³/mol. The largest absolute Gasteiger partial charge is 0.496 e. The van der Waals surface area contributed by atoms with E-state index in [1.54, 1.807) is 30.3 Å². The van der Waals surface area contributed by atoms with Gasteiger partial charge in [-0.1, -0.05) is 12.1 Å². The molecule has 2 aliphatic heterocycles. The van der Waals surface area contributed by atoms with Crippen LogP contribution in [-0.2, 0) is 0 Å². The van der Waals surface area contributed by atoms with Gasteiger partial charge in [-0.2, -0.15) is 15.0 Å². The van der Waals surface area contributed by atoms with E-state index in [2.05, 4.69) is 20.1 Å². The topological polar surface area (TPSA) is 89.3 Å². The van der Waals surface area contributed by atoms with Gasteiger partial charge in [0.05, 0.1) is 30.4 Å². The van der Waals surface area contributed by atoms with Crippen LogP contribution in [-0.4, -0.2) is 69.1 Å². The molecule has 0 radical (unpaired) electrons. The standard InChI is InChI=1S/C24H22FN7O2/c1-34-21-7-3-5-19-17(21)10-26-24(29-19)31-13-15-11-30(12-16(15)14-31)23(33)22-18(25)4-2-6-20(22)32-27-8-9-28-32/h2-10,15-16H,11-14H2,1H3. The number of benzene rings is 2. The number of aromatic nitrogens is 5. The zero-order valence-corrected chi connectivity index (χ0v) is 18.5. The van der Waals surface area contributed by atoms with Gasteiger partial charge in [-0.25, -0.2) is 14.4 Å². The summed E-state index contributed by atoms with van der Waals surface area (Å²) < 4.78 is 20.1. The SMILES string of the molecule is COc1cccc2nc(N3CC4CN(C(=O)c5c(F)cccc5-n5nccn5)CC4C3)ncc12. The molecule has 0 saturated carbocycles. The first-order chi connectivity index (χ1) is 16.6. The minimum Gasteiger partial charge on any atom is -0.496 e. The molecule has 0 aliphatic carbocycles. The number of halogens is 1. The molecule has 9 nitrogen and oxygen atoms in total. The van der Waals surface area contributed by atoms with Crippen LogP contribution in [0.5, 0.6) is 5.75 Å².